The Morgan fingerprint density at radius 2 is 2.18 bits per heavy atom. The molecule has 0 aliphatic carbocycles. The van der Waals surface area contributed by atoms with Gasteiger partial charge in [-0.05, 0) is 20.0 Å². The summed E-state index contributed by atoms with van der Waals surface area (Å²) in [5.74, 6) is 0.864. The fourth-order valence-electron chi connectivity index (χ4n) is 1.42. The van der Waals surface area contributed by atoms with Gasteiger partial charge in [0.05, 0.1) is 18.1 Å². The molecule has 17 heavy (non-hydrogen) atoms. The van der Waals surface area contributed by atoms with Crippen LogP contribution in [0.2, 0.25) is 0 Å². The van der Waals surface area contributed by atoms with Gasteiger partial charge in [-0.15, -0.1) is 0 Å². The summed E-state index contributed by atoms with van der Waals surface area (Å²) >= 11 is 0. The van der Waals surface area contributed by atoms with Crippen molar-refractivity contribution in [2.24, 2.45) is 0 Å². The lowest BCUT2D eigenvalue weighted by molar-refractivity contribution is -0.385. The molecule has 1 aromatic rings. The Morgan fingerprint density at radius 1 is 1.47 bits per heavy atom. The molecule has 0 amide bonds. The largest absolute Gasteiger partial charge is 0.493 e. The van der Waals surface area contributed by atoms with Gasteiger partial charge < -0.3 is 14.8 Å². The van der Waals surface area contributed by atoms with Gasteiger partial charge in [0, 0.05) is 12.6 Å². The third kappa shape index (κ3) is 3.60. The third-order valence-electron chi connectivity index (χ3n) is 2.18. The summed E-state index contributed by atoms with van der Waals surface area (Å²) in [5.41, 5.74) is -0.0162. The Morgan fingerprint density at radius 3 is 2.71 bits per heavy atom. The van der Waals surface area contributed by atoms with Gasteiger partial charge in [-0.3, -0.25) is 10.1 Å². The van der Waals surface area contributed by atoms with E-state index < -0.39 is 4.92 Å². The Labute approximate surface area is 99.7 Å². The van der Waals surface area contributed by atoms with Crippen LogP contribution >= 0.6 is 0 Å². The van der Waals surface area contributed by atoms with E-state index in [1.54, 1.807) is 0 Å². The number of nitrogens with one attached hydrogen (secondary N) is 1. The van der Waals surface area contributed by atoms with E-state index in [0.29, 0.717) is 18.0 Å². The maximum Gasteiger partial charge on any atom is 0.273 e. The molecule has 0 saturated heterocycles. The van der Waals surface area contributed by atoms with Crippen LogP contribution < -0.4 is 14.8 Å². The summed E-state index contributed by atoms with van der Waals surface area (Å²) in [4.78, 5) is 10.2. The summed E-state index contributed by atoms with van der Waals surface area (Å²) < 4.78 is 10.7. The zero-order valence-corrected chi connectivity index (χ0v) is 10.1. The van der Waals surface area contributed by atoms with Crippen LogP contribution in [0.25, 0.3) is 0 Å². The molecule has 1 unspecified atom stereocenters. The molecule has 1 atom stereocenters. The van der Waals surface area contributed by atoms with Crippen LogP contribution in [0.15, 0.2) is 18.2 Å². The molecular weight excluding hydrogens is 224 g/mol. The molecular formula is C11H16N2O4. The highest BCUT2D eigenvalue weighted by Gasteiger charge is 2.14. The zero-order chi connectivity index (χ0) is 12.8. The van der Waals surface area contributed by atoms with Crippen molar-refractivity contribution in [2.75, 3.05) is 20.7 Å². The molecule has 0 aliphatic heterocycles. The third-order valence-corrected chi connectivity index (χ3v) is 2.18. The van der Waals surface area contributed by atoms with E-state index in [0.717, 1.165) is 0 Å². The van der Waals surface area contributed by atoms with Crippen molar-refractivity contribution in [3.05, 3.63) is 28.3 Å². The topological polar surface area (TPSA) is 73.6 Å². The van der Waals surface area contributed by atoms with Crippen molar-refractivity contribution in [3.8, 4) is 11.5 Å². The number of methoxy groups -OCH3 is 1. The lowest BCUT2D eigenvalue weighted by Crippen LogP contribution is -2.26. The first-order chi connectivity index (χ1) is 8.08. The summed E-state index contributed by atoms with van der Waals surface area (Å²) in [6, 6.07) is 4.28. The molecule has 6 heteroatoms. The van der Waals surface area contributed by atoms with Crippen LogP contribution in [0, 0.1) is 10.1 Å². The van der Waals surface area contributed by atoms with Crippen LogP contribution in [0.4, 0.5) is 5.69 Å². The summed E-state index contributed by atoms with van der Waals surface area (Å²) in [7, 11) is 3.31. The monoisotopic (exact) mass is 240 g/mol. The minimum Gasteiger partial charge on any atom is -0.493 e. The van der Waals surface area contributed by atoms with Gasteiger partial charge in [0.25, 0.3) is 5.69 Å². The van der Waals surface area contributed by atoms with Crippen LogP contribution in [-0.2, 0) is 0 Å². The van der Waals surface area contributed by atoms with Crippen molar-refractivity contribution in [2.45, 2.75) is 13.0 Å². The Bertz CT molecular complexity index is 395. The summed E-state index contributed by atoms with van der Waals surface area (Å²) in [6.45, 7) is 2.51. The van der Waals surface area contributed by atoms with Crippen LogP contribution in [0.5, 0.6) is 11.5 Å². The zero-order valence-electron chi connectivity index (χ0n) is 10.1. The summed E-state index contributed by atoms with van der Waals surface area (Å²) in [5, 5.41) is 13.6. The molecule has 6 nitrogen and oxygen atoms in total. The van der Waals surface area contributed by atoms with Crippen LogP contribution in [0.3, 0.4) is 0 Å². The number of rotatable bonds is 6. The highest BCUT2D eigenvalue weighted by Crippen LogP contribution is 2.31. The Kier molecular flexibility index (Phi) is 4.71. The van der Waals surface area contributed by atoms with Gasteiger partial charge in [-0.25, -0.2) is 0 Å². The highest BCUT2D eigenvalue weighted by atomic mass is 16.6. The van der Waals surface area contributed by atoms with Crippen molar-refractivity contribution < 1.29 is 14.4 Å². The van der Waals surface area contributed by atoms with Gasteiger partial charge in [-0.1, -0.05) is 0 Å². The van der Waals surface area contributed by atoms with Crippen molar-refractivity contribution in [1.82, 2.24) is 5.32 Å². The van der Waals surface area contributed by atoms with Crippen LogP contribution in [-0.4, -0.2) is 31.7 Å². The molecule has 0 saturated carbocycles. The van der Waals surface area contributed by atoms with Crippen molar-refractivity contribution in [1.29, 1.82) is 0 Å². The fourth-order valence-corrected chi connectivity index (χ4v) is 1.42. The Hall–Kier alpha value is -1.82. The van der Waals surface area contributed by atoms with Gasteiger partial charge in [0.2, 0.25) is 0 Å². The van der Waals surface area contributed by atoms with Gasteiger partial charge in [0.1, 0.15) is 6.10 Å². The molecule has 0 heterocycles. The average Bonchev–Trinajstić information content (AvgIpc) is 2.29. The normalized spacial score (nSPS) is 11.9. The van der Waals surface area contributed by atoms with E-state index >= 15 is 0 Å². The number of benzene rings is 1. The molecule has 0 bridgehead atoms. The predicted octanol–water partition coefficient (Wildman–Crippen LogP) is 1.59. The summed E-state index contributed by atoms with van der Waals surface area (Å²) in [6.07, 6.45) is -0.101. The van der Waals surface area contributed by atoms with E-state index in [9.17, 15) is 10.1 Å². The maximum absolute atomic E-state index is 10.7. The average molecular weight is 240 g/mol. The second-order valence-corrected chi connectivity index (χ2v) is 3.58. The quantitative estimate of drug-likeness (QED) is 0.603. The number of nitrogens with zero attached hydrogens (tertiary/aromatic N) is 1. The molecule has 1 rings (SSSR count). The molecule has 1 aromatic carbocycles. The molecule has 0 fully saturated rings. The second kappa shape index (κ2) is 6.05. The number of ether oxygens (including phenoxy) is 2. The van der Waals surface area contributed by atoms with Gasteiger partial charge in [-0.2, -0.15) is 0 Å². The van der Waals surface area contributed by atoms with Crippen molar-refractivity contribution in [3.63, 3.8) is 0 Å². The molecule has 1 N–H and O–H groups in total. The first-order valence-corrected chi connectivity index (χ1v) is 5.22. The smallest absolute Gasteiger partial charge is 0.273 e. The van der Waals surface area contributed by atoms with Gasteiger partial charge >= 0.3 is 0 Å². The van der Waals surface area contributed by atoms with Crippen LogP contribution in [0.1, 0.15) is 6.92 Å². The van der Waals surface area contributed by atoms with E-state index in [2.05, 4.69) is 5.32 Å². The highest BCUT2D eigenvalue weighted by molar-refractivity contribution is 5.48. The molecule has 0 aliphatic rings. The van der Waals surface area contributed by atoms with Gasteiger partial charge in [0.15, 0.2) is 11.5 Å². The van der Waals surface area contributed by atoms with E-state index in [4.69, 9.17) is 9.47 Å². The number of nitro benzene ring substituents is 1. The Balaban J connectivity index is 2.93. The minimum atomic E-state index is -0.463. The van der Waals surface area contributed by atoms with E-state index in [1.807, 2.05) is 14.0 Å². The maximum atomic E-state index is 10.7. The first kappa shape index (κ1) is 13.2. The number of hydrogen-bond acceptors (Lipinski definition) is 5. The molecule has 0 radical (unpaired) electrons. The SMILES string of the molecule is CNCC(C)Oc1cc([N+](=O)[O-])ccc1OC. The number of nitro groups is 1. The molecule has 94 valence electrons. The van der Waals surface area contributed by atoms with E-state index in [1.165, 1.54) is 25.3 Å². The lowest BCUT2D eigenvalue weighted by Gasteiger charge is -2.16. The first-order valence-electron chi connectivity index (χ1n) is 5.22. The fraction of sp³-hybridized carbons (Fsp3) is 0.455. The van der Waals surface area contributed by atoms with Crippen molar-refractivity contribution >= 4 is 5.69 Å². The van der Waals surface area contributed by atoms with E-state index in [-0.39, 0.29) is 11.8 Å². The second-order valence-electron chi connectivity index (χ2n) is 3.58. The minimum absolute atomic E-state index is 0.0162. The lowest BCUT2D eigenvalue weighted by atomic mass is 10.2. The number of likely N-dealkylation sites (N-methyl/N-ethyl adjacent to an activating group) is 1. The standard InChI is InChI=1S/C11H16N2O4/c1-8(7-12-2)17-11-6-9(13(14)15)4-5-10(11)16-3/h4-6,8,12H,7H2,1-3H3. The molecule has 0 aromatic heterocycles. The predicted molar refractivity (Wildman–Crippen MR) is 63.7 cm³/mol. The number of hydrogen-bond donors (Lipinski definition) is 1. The number of non-ortho nitro benzene ring substituents is 1. The molecule has 0 spiro atoms.